The van der Waals surface area contributed by atoms with Crippen molar-refractivity contribution in [2.45, 2.75) is 13.1 Å². The number of nitrogens with zero attached hydrogens (tertiary/aromatic N) is 3. The third-order valence-corrected chi connectivity index (χ3v) is 5.35. The Hall–Kier alpha value is -2.76. The van der Waals surface area contributed by atoms with Gasteiger partial charge in [-0.25, -0.2) is 4.98 Å². The molecule has 0 saturated carbocycles. The largest absolute Gasteiger partial charge is 0.497 e. The van der Waals surface area contributed by atoms with E-state index in [9.17, 15) is 0 Å². The van der Waals surface area contributed by atoms with Crippen LogP contribution in [0.1, 0.15) is 11.3 Å². The summed E-state index contributed by atoms with van der Waals surface area (Å²) in [5.41, 5.74) is 3.30. The van der Waals surface area contributed by atoms with Crippen molar-refractivity contribution >= 4 is 22.1 Å². The molecule has 0 aliphatic heterocycles. The van der Waals surface area contributed by atoms with Crippen LogP contribution >= 0.6 is 11.3 Å². The van der Waals surface area contributed by atoms with Crippen LogP contribution in [0.3, 0.4) is 0 Å². The number of hydrogen-bond donors (Lipinski definition) is 0. The van der Waals surface area contributed by atoms with Crippen LogP contribution in [0, 0.1) is 0 Å². The average Bonchev–Trinajstić information content (AvgIpc) is 3.16. The molecule has 4 aromatic rings. The summed E-state index contributed by atoms with van der Waals surface area (Å²) in [7, 11) is 3.82. The molecule has 0 fully saturated rings. The Kier molecular flexibility index (Phi) is 5.14. The fraction of sp³-hybridized carbons (Fsp3) is 0.182. The van der Waals surface area contributed by atoms with E-state index in [0.717, 1.165) is 35.2 Å². The molecule has 2 heterocycles. The molecule has 0 bridgehead atoms. The van der Waals surface area contributed by atoms with E-state index in [1.807, 2.05) is 24.3 Å². The number of methoxy groups -OCH3 is 1. The number of ether oxygens (including phenoxy) is 1. The lowest BCUT2D eigenvalue weighted by Crippen LogP contribution is -2.17. The van der Waals surface area contributed by atoms with E-state index in [-0.39, 0.29) is 0 Å². The smallest absolute Gasteiger partial charge is 0.142 e. The molecule has 0 atom stereocenters. The summed E-state index contributed by atoms with van der Waals surface area (Å²) in [6, 6.07) is 18.7. The van der Waals surface area contributed by atoms with Gasteiger partial charge in [0.1, 0.15) is 10.8 Å². The Morgan fingerprint density at radius 1 is 1.00 bits per heavy atom. The molecule has 27 heavy (non-hydrogen) atoms. The van der Waals surface area contributed by atoms with Crippen molar-refractivity contribution in [3.8, 4) is 16.5 Å². The average molecular weight is 375 g/mol. The van der Waals surface area contributed by atoms with E-state index in [4.69, 9.17) is 9.72 Å². The van der Waals surface area contributed by atoms with Crippen molar-refractivity contribution in [3.63, 3.8) is 0 Å². The second-order valence-corrected chi connectivity index (χ2v) is 7.44. The molecule has 2 aromatic heterocycles. The number of thiazole rings is 1. The number of aromatic nitrogens is 2. The molecule has 0 aliphatic rings. The quantitative estimate of drug-likeness (QED) is 0.475. The Morgan fingerprint density at radius 2 is 1.85 bits per heavy atom. The SMILES string of the molecule is COc1ccc2cc(CN(C)Cc3csc(-c4ccccn4)n3)ccc2c1. The minimum absolute atomic E-state index is 0.810. The van der Waals surface area contributed by atoms with Crippen LogP contribution < -0.4 is 4.74 Å². The van der Waals surface area contributed by atoms with Gasteiger partial charge in [0.2, 0.25) is 0 Å². The van der Waals surface area contributed by atoms with Crippen molar-refractivity contribution in [3.05, 3.63) is 77.4 Å². The molecule has 0 aliphatic carbocycles. The van der Waals surface area contributed by atoms with Gasteiger partial charge in [-0.1, -0.05) is 24.3 Å². The fourth-order valence-corrected chi connectivity index (χ4v) is 3.92. The fourth-order valence-electron chi connectivity index (χ4n) is 3.13. The molecule has 4 rings (SSSR count). The zero-order valence-corrected chi connectivity index (χ0v) is 16.2. The Morgan fingerprint density at radius 3 is 2.67 bits per heavy atom. The predicted octanol–water partition coefficient (Wildman–Crippen LogP) is 5.00. The first-order chi connectivity index (χ1) is 13.2. The molecule has 0 N–H and O–H groups in total. The van der Waals surface area contributed by atoms with Gasteiger partial charge in [-0.05, 0) is 53.7 Å². The zero-order chi connectivity index (χ0) is 18.6. The maximum Gasteiger partial charge on any atom is 0.142 e. The standard InChI is InChI=1S/C22H21N3OS/c1-25(14-19-15-27-22(24-19)21-5-3-4-10-23-21)13-16-6-7-18-12-20(26-2)9-8-17(18)11-16/h3-12,15H,13-14H2,1-2H3. The first kappa shape index (κ1) is 17.6. The molecule has 0 spiro atoms. The number of rotatable bonds is 6. The van der Waals surface area contributed by atoms with Crippen LogP contribution in [-0.4, -0.2) is 29.0 Å². The lowest BCUT2D eigenvalue weighted by atomic mass is 10.1. The normalized spacial score (nSPS) is 11.2. The van der Waals surface area contributed by atoms with Gasteiger partial charge in [0.05, 0.1) is 18.5 Å². The van der Waals surface area contributed by atoms with E-state index in [2.05, 4.69) is 52.6 Å². The third-order valence-electron chi connectivity index (χ3n) is 4.43. The monoisotopic (exact) mass is 375 g/mol. The number of benzene rings is 2. The highest BCUT2D eigenvalue weighted by atomic mass is 32.1. The van der Waals surface area contributed by atoms with Gasteiger partial charge >= 0.3 is 0 Å². The van der Waals surface area contributed by atoms with Crippen LogP contribution in [0.5, 0.6) is 5.75 Å². The van der Waals surface area contributed by atoms with Gasteiger partial charge in [-0.2, -0.15) is 0 Å². The summed E-state index contributed by atoms with van der Waals surface area (Å²) in [5, 5.41) is 5.51. The van der Waals surface area contributed by atoms with Crippen molar-refractivity contribution in [1.82, 2.24) is 14.9 Å². The molecule has 0 saturated heterocycles. The highest BCUT2D eigenvalue weighted by molar-refractivity contribution is 7.13. The molecule has 136 valence electrons. The lowest BCUT2D eigenvalue weighted by molar-refractivity contribution is 0.316. The first-order valence-corrected chi connectivity index (χ1v) is 9.70. The second-order valence-electron chi connectivity index (χ2n) is 6.58. The summed E-state index contributed by atoms with van der Waals surface area (Å²) < 4.78 is 5.30. The van der Waals surface area contributed by atoms with Gasteiger partial charge < -0.3 is 4.74 Å². The summed E-state index contributed by atoms with van der Waals surface area (Å²) in [4.78, 5) is 11.4. The predicted molar refractivity (Wildman–Crippen MR) is 111 cm³/mol. The molecular weight excluding hydrogens is 354 g/mol. The van der Waals surface area contributed by atoms with Gasteiger partial charge in [0.15, 0.2) is 0 Å². The van der Waals surface area contributed by atoms with Crippen LogP contribution in [0.25, 0.3) is 21.5 Å². The Labute approximate surface area is 163 Å². The van der Waals surface area contributed by atoms with Crippen LogP contribution in [0.4, 0.5) is 0 Å². The molecule has 2 aromatic carbocycles. The minimum atomic E-state index is 0.810. The van der Waals surface area contributed by atoms with E-state index in [0.29, 0.717) is 0 Å². The van der Waals surface area contributed by atoms with Crippen molar-refractivity contribution < 1.29 is 4.74 Å². The molecule has 4 nitrogen and oxygen atoms in total. The van der Waals surface area contributed by atoms with Gasteiger partial charge in [-0.15, -0.1) is 11.3 Å². The molecule has 0 unspecified atom stereocenters. The molecule has 0 radical (unpaired) electrons. The van der Waals surface area contributed by atoms with Crippen molar-refractivity contribution in [2.75, 3.05) is 14.2 Å². The summed E-state index contributed by atoms with van der Waals surface area (Å²) in [6.45, 7) is 1.68. The maximum atomic E-state index is 5.30. The second kappa shape index (κ2) is 7.86. The van der Waals surface area contributed by atoms with Crippen LogP contribution in [0.2, 0.25) is 0 Å². The van der Waals surface area contributed by atoms with Crippen LogP contribution in [0.15, 0.2) is 66.2 Å². The van der Waals surface area contributed by atoms with Crippen LogP contribution in [-0.2, 0) is 13.1 Å². The van der Waals surface area contributed by atoms with Crippen molar-refractivity contribution in [2.24, 2.45) is 0 Å². The number of pyridine rings is 1. The third kappa shape index (κ3) is 4.15. The van der Waals surface area contributed by atoms with Gasteiger partial charge in [-0.3, -0.25) is 9.88 Å². The molecular formula is C22H21N3OS. The van der Waals surface area contributed by atoms with E-state index >= 15 is 0 Å². The zero-order valence-electron chi connectivity index (χ0n) is 15.4. The lowest BCUT2D eigenvalue weighted by Gasteiger charge is -2.16. The van der Waals surface area contributed by atoms with Gasteiger partial charge in [0, 0.05) is 24.7 Å². The summed E-state index contributed by atoms with van der Waals surface area (Å²) in [5.74, 6) is 0.889. The highest BCUT2D eigenvalue weighted by Crippen LogP contribution is 2.24. The van der Waals surface area contributed by atoms with Gasteiger partial charge in [0.25, 0.3) is 0 Å². The van der Waals surface area contributed by atoms with E-state index < -0.39 is 0 Å². The Balaban J connectivity index is 1.44. The Bertz CT molecular complexity index is 1050. The summed E-state index contributed by atoms with van der Waals surface area (Å²) >= 11 is 1.64. The number of hydrogen-bond acceptors (Lipinski definition) is 5. The minimum Gasteiger partial charge on any atom is -0.497 e. The number of fused-ring (bicyclic) bond motifs is 1. The summed E-state index contributed by atoms with van der Waals surface area (Å²) in [6.07, 6.45) is 1.80. The highest BCUT2D eigenvalue weighted by Gasteiger charge is 2.09. The first-order valence-electron chi connectivity index (χ1n) is 8.82. The molecule has 0 amide bonds. The topological polar surface area (TPSA) is 38.2 Å². The molecule has 5 heteroatoms. The van der Waals surface area contributed by atoms with E-state index in [1.165, 1.54) is 16.3 Å². The maximum absolute atomic E-state index is 5.30. The van der Waals surface area contributed by atoms with Crippen molar-refractivity contribution in [1.29, 1.82) is 0 Å². The van der Waals surface area contributed by atoms with E-state index in [1.54, 1.807) is 24.6 Å².